The normalized spacial score (nSPS) is 40.2. The molecule has 8 nitrogen and oxygen atoms in total. The summed E-state index contributed by atoms with van der Waals surface area (Å²) >= 11 is 2.99. The van der Waals surface area contributed by atoms with E-state index in [9.17, 15) is 25.2 Å². The van der Waals surface area contributed by atoms with E-state index in [0.717, 1.165) is 12.3 Å². The lowest BCUT2D eigenvalue weighted by molar-refractivity contribution is -0.211. The molecule has 2 saturated heterocycles. The predicted octanol–water partition coefficient (Wildman–Crippen LogP) is -1.49. The summed E-state index contributed by atoms with van der Waals surface area (Å²) in [6.07, 6.45) is -3.72. The van der Waals surface area contributed by atoms with Crippen LogP contribution in [0.3, 0.4) is 0 Å². The first kappa shape index (κ1) is 22.2. The Morgan fingerprint density at radius 2 is 2.00 bits per heavy atom. The largest absolute Gasteiger partial charge is 0.391 e. The monoisotopic (exact) mass is 410 g/mol. The van der Waals surface area contributed by atoms with E-state index in [1.807, 2.05) is 0 Å². The molecule has 0 radical (unpaired) electrons. The summed E-state index contributed by atoms with van der Waals surface area (Å²) in [4.78, 5) is 12.6. The number of rotatable bonds is 7. The minimum atomic E-state index is -1.42. The fourth-order valence-electron chi connectivity index (χ4n) is 3.37. The van der Waals surface area contributed by atoms with Crippen LogP contribution in [0.25, 0.3) is 0 Å². The Morgan fingerprint density at radius 3 is 2.58 bits per heavy atom. The lowest BCUT2D eigenvalue weighted by Crippen LogP contribution is -2.65. The van der Waals surface area contributed by atoms with Crippen molar-refractivity contribution in [3.63, 3.8) is 0 Å². The molecule has 152 valence electrons. The average molecular weight is 411 g/mol. The zero-order valence-corrected chi connectivity index (χ0v) is 16.9. The molecule has 2 aliphatic heterocycles. The van der Waals surface area contributed by atoms with E-state index in [1.54, 1.807) is 18.0 Å². The average Bonchev–Trinajstić information content (AvgIpc) is 3.07. The second kappa shape index (κ2) is 9.92. The van der Waals surface area contributed by atoms with Crippen LogP contribution in [0.2, 0.25) is 0 Å². The van der Waals surface area contributed by atoms with Gasteiger partial charge < -0.3 is 35.8 Å². The number of thioether (sulfide) groups is 2. The fraction of sp³-hybridized carbons (Fsp3) is 0.938. The lowest BCUT2D eigenvalue weighted by Gasteiger charge is -2.44. The van der Waals surface area contributed by atoms with Gasteiger partial charge in [-0.2, -0.15) is 11.8 Å². The first-order valence-electron chi connectivity index (χ1n) is 8.86. The molecule has 2 aliphatic rings. The summed E-state index contributed by atoms with van der Waals surface area (Å²) < 4.78 is 5.68. The number of nitrogens with one attached hydrogen (secondary N) is 2. The van der Waals surface area contributed by atoms with E-state index in [2.05, 4.69) is 17.6 Å². The fourth-order valence-corrected chi connectivity index (χ4v) is 5.07. The first-order valence-corrected chi connectivity index (χ1v) is 11.2. The molecule has 2 fully saturated rings. The standard InChI is InChI=1S/C16H30N2O6S2/c1-4-26-8-5-9(17-6-8)15(23)18-10(7(2)19)14-12(21)11(20)13(22)16(24-14)25-3/h7-14,16-17,19-22H,4-6H2,1-3H3,(H,18,23)/t7-,8+,9+,10-,11+,12-,13?,14-,16?/m1/s1. The van der Waals surface area contributed by atoms with Gasteiger partial charge in [-0.25, -0.2) is 0 Å². The van der Waals surface area contributed by atoms with E-state index in [0.29, 0.717) is 11.7 Å². The highest BCUT2D eigenvalue weighted by molar-refractivity contribution is 7.99. The summed E-state index contributed by atoms with van der Waals surface area (Å²) in [6.45, 7) is 4.31. The minimum absolute atomic E-state index is 0.271. The van der Waals surface area contributed by atoms with E-state index >= 15 is 0 Å². The number of ether oxygens (including phenoxy) is 1. The molecule has 0 aromatic rings. The van der Waals surface area contributed by atoms with Gasteiger partial charge in [-0.05, 0) is 25.4 Å². The van der Waals surface area contributed by atoms with Gasteiger partial charge in [0.15, 0.2) is 0 Å². The van der Waals surface area contributed by atoms with Crippen molar-refractivity contribution in [2.45, 2.75) is 73.6 Å². The third-order valence-electron chi connectivity index (χ3n) is 4.83. The van der Waals surface area contributed by atoms with Gasteiger partial charge in [0.05, 0.1) is 18.2 Å². The smallest absolute Gasteiger partial charge is 0.237 e. The molecule has 0 spiro atoms. The summed E-state index contributed by atoms with van der Waals surface area (Å²) in [5, 5.41) is 46.8. The van der Waals surface area contributed by atoms with Crippen LogP contribution in [0.4, 0.5) is 0 Å². The zero-order chi connectivity index (χ0) is 19.4. The highest BCUT2D eigenvalue weighted by Crippen LogP contribution is 2.29. The van der Waals surface area contributed by atoms with Crippen LogP contribution in [0, 0.1) is 0 Å². The van der Waals surface area contributed by atoms with Crippen LogP contribution in [0.1, 0.15) is 20.3 Å². The Balaban J connectivity index is 2.05. The van der Waals surface area contributed by atoms with Gasteiger partial charge in [0, 0.05) is 11.8 Å². The third-order valence-corrected chi connectivity index (χ3v) is 6.85. The highest BCUT2D eigenvalue weighted by atomic mass is 32.2. The molecular formula is C16H30N2O6S2. The molecule has 2 heterocycles. The SMILES string of the molecule is CCS[C@@H]1CN[C@H](C(=O)N[C@@H]([C@H]2OC(SC)C(O)[C@@H](O)[C@H]2O)[C@@H](C)O)C1. The zero-order valence-electron chi connectivity index (χ0n) is 15.2. The van der Waals surface area contributed by atoms with Crippen molar-refractivity contribution in [3.8, 4) is 0 Å². The number of carbonyl (C=O) groups is 1. The number of aliphatic hydroxyl groups is 4. The molecule has 0 aromatic heterocycles. The van der Waals surface area contributed by atoms with Crippen molar-refractivity contribution in [2.24, 2.45) is 0 Å². The van der Waals surface area contributed by atoms with Crippen LogP contribution >= 0.6 is 23.5 Å². The Hall–Kier alpha value is -0.0700. The Kier molecular flexibility index (Phi) is 8.48. The van der Waals surface area contributed by atoms with Crippen molar-refractivity contribution < 1.29 is 30.0 Å². The molecule has 10 heteroatoms. The summed E-state index contributed by atoms with van der Waals surface area (Å²) in [5.41, 5.74) is -0.758. The van der Waals surface area contributed by atoms with Crippen molar-refractivity contribution in [1.29, 1.82) is 0 Å². The topological polar surface area (TPSA) is 131 Å². The molecule has 6 N–H and O–H groups in total. The van der Waals surface area contributed by atoms with Crippen molar-refractivity contribution in [2.75, 3.05) is 18.6 Å². The van der Waals surface area contributed by atoms with Gasteiger partial charge >= 0.3 is 0 Å². The summed E-state index contributed by atoms with van der Waals surface area (Å²) in [6, 6.07) is -1.28. The van der Waals surface area contributed by atoms with Gasteiger partial charge in [-0.1, -0.05) is 6.92 Å². The second-order valence-corrected chi connectivity index (χ2v) is 9.24. The maximum absolute atomic E-state index is 12.6. The minimum Gasteiger partial charge on any atom is -0.391 e. The second-order valence-electron chi connectivity index (χ2n) is 6.73. The Bertz CT molecular complexity index is 470. The number of hydrogen-bond acceptors (Lipinski definition) is 9. The van der Waals surface area contributed by atoms with Crippen molar-refractivity contribution >= 4 is 29.4 Å². The predicted molar refractivity (Wildman–Crippen MR) is 102 cm³/mol. The molecule has 0 saturated carbocycles. The van der Waals surface area contributed by atoms with Gasteiger partial charge in [-0.15, -0.1) is 11.8 Å². The van der Waals surface area contributed by atoms with Gasteiger partial charge in [0.25, 0.3) is 0 Å². The molecule has 0 aromatic carbocycles. The Morgan fingerprint density at radius 1 is 1.31 bits per heavy atom. The van der Waals surface area contributed by atoms with Crippen molar-refractivity contribution in [3.05, 3.63) is 0 Å². The third kappa shape index (κ3) is 5.05. The van der Waals surface area contributed by atoms with E-state index < -0.39 is 42.0 Å². The van der Waals surface area contributed by atoms with Crippen molar-refractivity contribution in [1.82, 2.24) is 10.6 Å². The van der Waals surface area contributed by atoms with E-state index in [4.69, 9.17) is 4.74 Å². The molecule has 1 amide bonds. The van der Waals surface area contributed by atoms with E-state index in [-0.39, 0.29) is 11.9 Å². The molecule has 0 bridgehead atoms. The molecule has 0 aliphatic carbocycles. The molecule has 2 unspecified atom stereocenters. The lowest BCUT2D eigenvalue weighted by atomic mass is 9.92. The highest BCUT2D eigenvalue weighted by Gasteiger charge is 2.48. The summed E-state index contributed by atoms with van der Waals surface area (Å²) in [7, 11) is 0. The molecule has 26 heavy (non-hydrogen) atoms. The summed E-state index contributed by atoms with van der Waals surface area (Å²) in [5.74, 6) is 0.710. The van der Waals surface area contributed by atoms with Gasteiger partial charge in [-0.3, -0.25) is 4.79 Å². The van der Waals surface area contributed by atoms with Gasteiger partial charge in [0.2, 0.25) is 5.91 Å². The van der Waals surface area contributed by atoms with Crippen LogP contribution in [-0.2, 0) is 9.53 Å². The number of hydrogen-bond donors (Lipinski definition) is 6. The molecule has 9 atom stereocenters. The van der Waals surface area contributed by atoms with Gasteiger partial charge in [0.1, 0.15) is 29.9 Å². The molecule has 2 rings (SSSR count). The number of amides is 1. The van der Waals surface area contributed by atoms with Crippen LogP contribution < -0.4 is 10.6 Å². The Labute approximate surface area is 162 Å². The molecular weight excluding hydrogens is 380 g/mol. The first-order chi connectivity index (χ1) is 12.3. The van der Waals surface area contributed by atoms with E-state index in [1.165, 1.54) is 18.7 Å². The number of carbonyl (C=O) groups excluding carboxylic acids is 1. The van der Waals surface area contributed by atoms with Crippen LogP contribution in [0.5, 0.6) is 0 Å². The number of aliphatic hydroxyl groups excluding tert-OH is 4. The van der Waals surface area contributed by atoms with Crippen LogP contribution in [-0.4, -0.2) is 98.2 Å². The maximum atomic E-state index is 12.6. The maximum Gasteiger partial charge on any atom is 0.237 e. The van der Waals surface area contributed by atoms with Crippen LogP contribution in [0.15, 0.2) is 0 Å². The quantitative estimate of drug-likeness (QED) is 0.297.